The quantitative estimate of drug-likeness (QED) is 0.765. The van der Waals surface area contributed by atoms with Gasteiger partial charge in [-0.05, 0) is 24.6 Å². The summed E-state index contributed by atoms with van der Waals surface area (Å²) >= 11 is 1.67. The van der Waals surface area contributed by atoms with Crippen molar-refractivity contribution >= 4 is 17.7 Å². The molecule has 0 unspecified atom stereocenters. The number of rotatable bonds is 4. The molecule has 3 N–H and O–H groups in total. The van der Waals surface area contributed by atoms with Crippen molar-refractivity contribution < 1.29 is 19.4 Å². The van der Waals surface area contributed by atoms with E-state index in [9.17, 15) is 9.18 Å². The predicted octanol–water partition coefficient (Wildman–Crippen LogP) is -0.750. The number of quaternary nitrogens is 2. The summed E-state index contributed by atoms with van der Waals surface area (Å²) in [4.78, 5) is 16.0. The average Bonchev–Trinajstić information content (AvgIpc) is 2.82. The number of nitrogens with two attached hydrogens (primary N) is 1. The fraction of sp³-hybridized carbons (Fsp3) is 0.562. The van der Waals surface area contributed by atoms with Gasteiger partial charge in [-0.15, -0.1) is 11.8 Å². The summed E-state index contributed by atoms with van der Waals surface area (Å²) in [6, 6.07) is 6.56. The van der Waals surface area contributed by atoms with Crippen LogP contribution < -0.4 is 10.2 Å². The third kappa shape index (κ3) is 3.45. The van der Waals surface area contributed by atoms with Crippen molar-refractivity contribution in [3.05, 3.63) is 35.6 Å². The van der Waals surface area contributed by atoms with Crippen molar-refractivity contribution in [3.63, 3.8) is 0 Å². The lowest BCUT2D eigenvalue weighted by molar-refractivity contribution is -0.946. The highest BCUT2D eigenvalue weighted by atomic mass is 32.2. The number of benzene rings is 1. The van der Waals surface area contributed by atoms with Crippen LogP contribution in [-0.2, 0) is 4.79 Å². The van der Waals surface area contributed by atoms with E-state index in [0.29, 0.717) is 0 Å². The molecule has 0 bridgehead atoms. The summed E-state index contributed by atoms with van der Waals surface area (Å²) in [6.45, 7) is 8.45. The SMILES string of the molecule is C[C@@H]1S[C@@H](c2ccc(F)cc2)N(CC[NH+]2CC[NH2+]CC2)C1=O. The molecule has 2 aliphatic rings. The number of nitrogens with one attached hydrogen (secondary N) is 1. The number of thioether (sulfide) groups is 1. The third-order valence-electron chi connectivity index (χ3n) is 4.51. The van der Waals surface area contributed by atoms with Gasteiger partial charge in [-0.1, -0.05) is 12.1 Å². The molecule has 2 saturated heterocycles. The molecule has 0 radical (unpaired) electrons. The van der Waals surface area contributed by atoms with Gasteiger partial charge in [0.15, 0.2) is 0 Å². The highest BCUT2D eigenvalue weighted by molar-refractivity contribution is 8.01. The summed E-state index contributed by atoms with van der Waals surface area (Å²) in [7, 11) is 0. The maximum absolute atomic E-state index is 13.1. The standard InChI is InChI=1S/C16H22FN3OS/c1-12-15(21)20(11-10-19-8-6-18-7-9-19)16(22-12)13-2-4-14(17)5-3-13/h2-5,12,16,18H,6-11H2,1H3/p+2/t12-,16-/m0/s1. The first-order valence-electron chi connectivity index (χ1n) is 8.02. The molecule has 1 aromatic rings. The molecule has 1 amide bonds. The second-order valence-corrected chi connectivity index (χ2v) is 7.51. The van der Waals surface area contributed by atoms with Crippen LogP contribution in [-0.4, -0.2) is 55.3 Å². The number of piperazine rings is 1. The van der Waals surface area contributed by atoms with E-state index in [0.717, 1.165) is 18.7 Å². The smallest absolute Gasteiger partial charge is 0.236 e. The Hall–Kier alpha value is -1.11. The highest BCUT2D eigenvalue weighted by Crippen LogP contribution is 2.42. The van der Waals surface area contributed by atoms with Gasteiger partial charge in [0.25, 0.3) is 0 Å². The van der Waals surface area contributed by atoms with E-state index in [1.807, 2.05) is 11.8 Å². The van der Waals surface area contributed by atoms with Gasteiger partial charge in [-0.2, -0.15) is 0 Å². The predicted molar refractivity (Wildman–Crippen MR) is 85.1 cm³/mol. The van der Waals surface area contributed by atoms with Gasteiger partial charge >= 0.3 is 0 Å². The molecular formula is C16H24FN3OS+2. The van der Waals surface area contributed by atoms with Gasteiger partial charge in [0.05, 0.1) is 18.3 Å². The zero-order valence-electron chi connectivity index (χ0n) is 12.9. The molecule has 2 fully saturated rings. The van der Waals surface area contributed by atoms with E-state index in [-0.39, 0.29) is 22.3 Å². The van der Waals surface area contributed by atoms with Crippen LogP contribution in [0, 0.1) is 5.82 Å². The van der Waals surface area contributed by atoms with E-state index in [1.54, 1.807) is 28.8 Å². The van der Waals surface area contributed by atoms with E-state index in [2.05, 4.69) is 5.32 Å². The molecule has 2 aliphatic heterocycles. The third-order valence-corrected chi connectivity index (χ3v) is 5.91. The first-order chi connectivity index (χ1) is 10.6. The number of nitrogens with zero attached hydrogens (tertiary/aromatic N) is 1. The second kappa shape index (κ2) is 6.98. The molecule has 0 spiro atoms. The molecule has 1 aromatic carbocycles. The Kier molecular flexibility index (Phi) is 5.00. The zero-order chi connectivity index (χ0) is 15.5. The lowest BCUT2D eigenvalue weighted by Crippen LogP contribution is -3.20. The maximum atomic E-state index is 13.1. The Morgan fingerprint density at radius 3 is 2.68 bits per heavy atom. The van der Waals surface area contributed by atoms with Crippen LogP contribution in [0.15, 0.2) is 24.3 Å². The van der Waals surface area contributed by atoms with Gasteiger partial charge in [-0.3, -0.25) is 4.79 Å². The van der Waals surface area contributed by atoms with Gasteiger partial charge in [0.1, 0.15) is 37.4 Å². The molecule has 0 aliphatic carbocycles. The van der Waals surface area contributed by atoms with Crippen LogP contribution in [0.3, 0.4) is 0 Å². The molecule has 6 heteroatoms. The molecule has 120 valence electrons. The molecular weight excluding hydrogens is 301 g/mol. The summed E-state index contributed by atoms with van der Waals surface area (Å²) < 4.78 is 13.1. The van der Waals surface area contributed by atoms with E-state index < -0.39 is 0 Å². The summed E-state index contributed by atoms with van der Waals surface area (Å²) in [5.41, 5.74) is 1.02. The molecule has 4 nitrogen and oxygen atoms in total. The number of amides is 1. The largest absolute Gasteiger partial charge is 0.337 e. The number of hydrogen-bond acceptors (Lipinski definition) is 2. The van der Waals surface area contributed by atoms with Gasteiger partial charge in [0.2, 0.25) is 5.91 Å². The number of carbonyl (C=O) groups is 1. The lowest BCUT2D eigenvalue weighted by atomic mass is 10.2. The van der Waals surface area contributed by atoms with Crippen molar-refractivity contribution in [3.8, 4) is 0 Å². The lowest BCUT2D eigenvalue weighted by Gasteiger charge is -2.28. The fourth-order valence-corrected chi connectivity index (χ4v) is 4.51. The fourth-order valence-electron chi connectivity index (χ4n) is 3.20. The van der Waals surface area contributed by atoms with Crippen LogP contribution >= 0.6 is 11.8 Å². The highest BCUT2D eigenvalue weighted by Gasteiger charge is 2.38. The van der Waals surface area contributed by atoms with Crippen LogP contribution in [0.2, 0.25) is 0 Å². The Morgan fingerprint density at radius 2 is 2.00 bits per heavy atom. The van der Waals surface area contributed by atoms with E-state index in [4.69, 9.17) is 0 Å². The number of carbonyl (C=O) groups excluding carboxylic acids is 1. The molecule has 2 heterocycles. The van der Waals surface area contributed by atoms with Crippen LogP contribution in [0.5, 0.6) is 0 Å². The topological polar surface area (TPSA) is 41.4 Å². The molecule has 0 saturated carbocycles. The summed E-state index contributed by atoms with van der Waals surface area (Å²) in [6.07, 6.45) is 0. The molecule has 22 heavy (non-hydrogen) atoms. The van der Waals surface area contributed by atoms with Crippen molar-refractivity contribution in [2.45, 2.75) is 17.5 Å². The summed E-state index contributed by atoms with van der Waals surface area (Å²) in [5.74, 6) is -0.0195. The number of halogens is 1. The Labute approximate surface area is 135 Å². The molecule has 2 atom stereocenters. The minimum Gasteiger partial charge on any atom is -0.337 e. The minimum absolute atomic E-state index is 0.0141. The van der Waals surface area contributed by atoms with Crippen molar-refractivity contribution in [2.24, 2.45) is 0 Å². The number of hydrogen-bond donors (Lipinski definition) is 2. The van der Waals surface area contributed by atoms with Gasteiger partial charge < -0.3 is 15.1 Å². The Morgan fingerprint density at radius 1 is 1.32 bits per heavy atom. The Bertz CT molecular complexity index is 519. The maximum Gasteiger partial charge on any atom is 0.236 e. The van der Waals surface area contributed by atoms with Gasteiger partial charge in [0, 0.05) is 0 Å². The average molecular weight is 325 g/mol. The van der Waals surface area contributed by atoms with Crippen molar-refractivity contribution in [1.29, 1.82) is 0 Å². The van der Waals surface area contributed by atoms with Crippen molar-refractivity contribution in [1.82, 2.24) is 4.90 Å². The first kappa shape index (κ1) is 15.8. The normalized spacial score (nSPS) is 26.6. The van der Waals surface area contributed by atoms with E-state index >= 15 is 0 Å². The van der Waals surface area contributed by atoms with Crippen molar-refractivity contribution in [2.75, 3.05) is 39.3 Å². The monoisotopic (exact) mass is 325 g/mol. The minimum atomic E-state index is -0.230. The second-order valence-electron chi connectivity index (χ2n) is 6.08. The summed E-state index contributed by atoms with van der Waals surface area (Å²) in [5, 5.41) is 2.36. The molecule has 3 rings (SSSR count). The molecule has 0 aromatic heterocycles. The van der Waals surface area contributed by atoms with Gasteiger partial charge in [-0.25, -0.2) is 4.39 Å². The van der Waals surface area contributed by atoms with Crippen LogP contribution in [0.25, 0.3) is 0 Å². The van der Waals surface area contributed by atoms with Crippen LogP contribution in [0.4, 0.5) is 4.39 Å². The van der Waals surface area contributed by atoms with E-state index in [1.165, 1.54) is 38.3 Å². The zero-order valence-corrected chi connectivity index (χ0v) is 13.7. The first-order valence-corrected chi connectivity index (χ1v) is 8.96. The van der Waals surface area contributed by atoms with Crippen LogP contribution in [0.1, 0.15) is 17.9 Å². The Balaban J connectivity index is 1.68.